The Labute approximate surface area is 78.4 Å². The number of nitrogens with zero attached hydrogens (tertiary/aromatic N) is 1. The molecule has 76 valence electrons. The maximum absolute atomic E-state index is 11.7. The Morgan fingerprint density at radius 2 is 2.08 bits per heavy atom. The fourth-order valence-corrected chi connectivity index (χ4v) is 2.54. The normalized spacial score (nSPS) is 23.9. The highest BCUT2D eigenvalue weighted by Gasteiger charge is 2.37. The molecule has 0 aromatic heterocycles. The second-order valence-corrected chi connectivity index (χ2v) is 6.16. The molecule has 3 N–H and O–H groups in total. The van der Waals surface area contributed by atoms with Crippen molar-refractivity contribution in [2.24, 2.45) is 11.7 Å². The van der Waals surface area contributed by atoms with Crippen LogP contribution in [0.4, 0.5) is 0 Å². The van der Waals surface area contributed by atoms with Crippen LogP contribution in [-0.2, 0) is 14.7 Å². The van der Waals surface area contributed by atoms with Gasteiger partial charge in [0.25, 0.3) is 0 Å². The van der Waals surface area contributed by atoms with Gasteiger partial charge in [-0.15, -0.1) is 0 Å². The van der Waals surface area contributed by atoms with Crippen molar-refractivity contribution in [2.45, 2.75) is 19.1 Å². The number of nitrogens with one attached hydrogen (secondary N) is 1. The molecule has 0 bridgehead atoms. The Morgan fingerprint density at radius 1 is 1.62 bits per heavy atom. The van der Waals surface area contributed by atoms with Gasteiger partial charge in [0.05, 0.1) is 11.2 Å². The lowest BCUT2D eigenvalue weighted by atomic mass is 10.0. The molecule has 1 amide bonds. The summed E-state index contributed by atoms with van der Waals surface area (Å²) in [6.45, 7) is 4.23. The SMILES string of the molecule is CC(C)S(=N)(=O)N1CC(C(N)=O)C1. The van der Waals surface area contributed by atoms with Gasteiger partial charge in [0.1, 0.15) is 9.92 Å². The summed E-state index contributed by atoms with van der Waals surface area (Å²) in [7, 11) is -2.68. The van der Waals surface area contributed by atoms with Crippen molar-refractivity contribution in [1.82, 2.24) is 4.31 Å². The number of primary amides is 1. The van der Waals surface area contributed by atoms with E-state index in [0.717, 1.165) is 0 Å². The van der Waals surface area contributed by atoms with Crippen LogP contribution in [0, 0.1) is 10.7 Å². The van der Waals surface area contributed by atoms with Crippen LogP contribution in [0.5, 0.6) is 0 Å². The molecule has 1 rings (SSSR count). The third kappa shape index (κ3) is 1.83. The fourth-order valence-electron chi connectivity index (χ4n) is 1.14. The van der Waals surface area contributed by atoms with Gasteiger partial charge in [0.15, 0.2) is 0 Å². The fraction of sp³-hybridized carbons (Fsp3) is 0.857. The van der Waals surface area contributed by atoms with Gasteiger partial charge in [0, 0.05) is 13.1 Å². The zero-order valence-corrected chi connectivity index (χ0v) is 8.63. The summed E-state index contributed by atoms with van der Waals surface area (Å²) in [6, 6.07) is 0. The molecule has 5 nitrogen and oxygen atoms in total. The summed E-state index contributed by atoms with van der Waals surface area (Å²) in [4.78, 5) is 10.7. The van der Waals surface area contributed by atoms with Gasteiger partial charge in [-0.25, -0.2) is 13.3 Å². The van der Waals surface area contributed by atoms with E-state index in [1.54, 1.807) is 13.8 Å². The van der Waals surface area contributed by atoms with E-state index in [0.29, 0.717) is 13.1 Å². The molecule has 1 aliphatic heterocycles. The molecule has 0 aliphatic carbocycles. The Balaban J connectivity index is 2.58. The summed E-state index contributed by atoms with van der Waals surface area (Å²) < 4.78 is 20.8. The molecule has 0 spiro atoms. The van der Waals surface area contributed by atoms with Crippen LogP contribution in [0.1, 0.15) is 13.8 Å². The average Bonchev–Trinajstić information content (AvgIpc) is 1.80. The van der Waals surface area contributed by atoms with Crippen LogP contribution in [0.25, 0.3) is 0 Å². The van der Waals surface area contributed by atoms with Crippen molar-refractivity contribution in [2.75, 3.05) is 13.1 Å². The van der Waals surface area contributed by atoms with Gasteiger partial charge in [-0.05, 0) is 13.8 Å². The number of nitrogens with two attached hydrogens (primary N) is 1. The van der Waals surface area contributed by atoms with Crippen LogP contribution in [0.15, 0.2) is 0 Å². The van der Waals surface area contributed by atoms with Crippen LogP contribution in [0.2, 0.25) is 0 Å². The van der Waals surface area contributed by atoms with Crippen molar-refractivity contribution < 1.29 is 9.00 Å². The summed E-state index contributed by atoms with van der Waals surface area (Å²) in [5.41, 5.74) is 5.06. The number of hydrogen-bond acceptors (Lipinski definition) is 3. The maximum Gasteiger partial charge on any atom is 0.223 e. The molecular weight excluding hydrogens is 190 g/mol. The first-order valence-corrected chi connectivity index (χ1v) is 5.75. The van der Waals surface area contributed by atoms with Crippen LogP contribution in [0.3, 0.4) is 0 Å². The zero-order chi connectivity index (χ0) is 10.2. The van der Waals surface area contributed by atoms with E-state index in [-0.39, 0.29) is 17.1 Å². The van der Waals surface area contributed by atoms with E-state index < -0.39 is 9.92 Å². The average molecular weight is 205 g/mol. The van der Waals surface area contributed by atoms with Gasteiger partial charge >= 0.3 is 0 Å². The van der Waals surface area contributed by atoms with Gasteiger partial charge in [0.2, 0.25) is 5.91 Å². The second kappa shape index (κ2) is 3.26. The van der Waals surface area contributed by atoms with E-state index in [1.807, 2.05) is 0 Å². The highest BCUT2D eigenvalue weighted by atomic mass is 32.2. The molecule has 0 aromatic rings. The van der Waals surface area contributed by atoms with Gasteiger partial charge in [-0.3, -0.25) is 4.79 Å². The minimum Gasteiger partial charge on any atom is -0.369 e. The Morgan fingerprint density at radius 3 is 2.38 bits per heavy atom. The topological polar surface area (TPSA) is 87.2 Å². The van der Waals surface area contributed by atoms with Crippen LogP contribution >= 0.6 is 0 Å². The predicted molar refractivity (Wildman–Crippen MR) is 50.3 cm³/mol. The molecule has 0 aromatic carbocycles. The lowest BCUT2D eigenvalue weighted by Crippen LogP contribution is -2.55. The summed E-state index contributed by atoms with van der Waals surface area (Å²) in [5.74, 6) is -0.583. The summed E-state index contributed by atoms with van der Waals surface area (Å²) >= 11 is 0. The standard InChI is InChI=1S/C7H15N3O2S/c1-5(2)13(9,12)10-3-6(4-10)7(8)11/h5-6,9H,3-4H2,1-2H3,(H2,8,11). The minimum absolute atomic E-state index is 0.207. The van der Waals surface area contributed by atoms with E-state index >= 15 is 0 Å². The molecule has 1 saturated heterocycles. The molecule has 13 heavy (non-hydrogen) atoms. The van der Waals surface area contributed by atoms with Crippen molar-refractivity contribution >= 4 is 15.8 Å². The molecule has 0 saturated carbocycles. The lowest BCUT2D eigenvalue weighted by Gasteiger charge is -2.39. The molecule has 1 fully saturated rings. The monoisotopic (exact) mass is 205 g/mol. The molecule has 1 aliphatic rings. The Kier molecular flexibility index (Phi) is 2.63. The van der Waals surface area contributed by atoms with Crippen molar-refractivity contribution in [3.8, 4) is 0 Å². The molecule has 1 atom stereocenters. The van der Waals surface area contributed by atoms with Gasteiger partial charge in [-0.2, -0.15) is 0 Å². The lowest BCUT2D eigenvalue weighted by molar-refractivity contribution is -0.124. The zero-order valence-electron chi connectivity index (χ0n) is 7.82. The molecule has 1 heterocycles. The molecular formula is C7H15N3O2S. The summed E-state index contributed by atoms with van der Waals surface area (Å²) in [5, 5.41) is -0.207. The number of carbonyl (C=O) groups is 1. The van der Waals surface area contributed by atoms with Crippen molar-refractivity contribution in [3.63, 3.8) is 0 Å². The highest BCUT2D eigenvalue weighted by Crippen LogP contribution is 2.22. The molecule has 1 unspecified atom stereocenters. The smallest absolute Gasteiger partial charge is 0.223 e. The quantitative estimate of drug-likeness (QED) is 0.667. The van der Waals surface area contributed by atoms with Crippen molar-refractivity contribution in [3.05, 3.63) is 0 Å². The first-order chi connectivity index (χ1) is 5.85. The third-order valence-corrected chi connectivity index (χ3v) is 4.62. The predicted octanol–water partition coefficient (Wildman–Crippen LogP) is -0.226. The maximum atomic E-state index is 11.7. The van der Waals surface area contributed by atoms with E-state index in [4.69, 9.17) is 10.5 Å². The van der Waals surface area contributed by atoms with Crippen LogP contribution < -0.4 is 5.73 Å². The van der Waals surface area contributed by atoms with E-state index in [1.165, 1.54) is 4.31 Å². The number of carbonyl (C=O) groups excluding carboxylic acids is 1. The Hall–Kier alpha value is -0.620. The first-order valence-electron chi connectivity index (χ1n) is 4.17. The summed E-state index contributed by atoms with van der Waals surface area (Å²) in [6.07, 6.45) is 0. The minimum atomic E-state index is -2.68. The number of hydrogen-bond donors (Lipinski definition) is 2. The highest BCUT2D eigenvalue weighted by molar-refractivity contribution is 7.90. The van der Waals surface area contributed by atoms with E-state index in [2.05, 4.69) is 0 Å². The Bertz CT molecular complexity index is 304. The third-order valence-electron chi connectivity index (χ3n) is 2.27. The second-order valence-electron chi connectivity index (χ2n) is 3.56. The first kappa shape index (κ1) is 10.5. The van der Waals surface area contributed by atoms with Gasteiger partial charge < -0.3 is 5.73 Å². The number of rotatable bonds is 3. The largest absolute Gasteiger partial charge is 0.369 e. The number of amides is 1. The molecule has 0 radical (unpaired) electrons. The van der Waals surface area contributed by atoms with Crippen molar-refractivity contribution in [1.29, 1.82) is 4.78 Å². The van der Waals surface area contributed by atoms with E-state index in [9.17, 15) is 9.00 Å². The van der Waals surface area contributed by atoms with Crippen LogP contribution in [-0.4, -0.2) is 32.8 Å². The molecule has 6 heteroatoms. The van der Waals surface area contributed by atoms with Gasteiger partial charge in [-0.1, -0.05) is 0 Å².